The van der Waals surface area contributed by atoms with Crippen LogP contribution in [0.3, 0.4) is 0 Å². The summed E-state index contributed by atoms with van der Waals surface area (Å²) in [7, 11) is 5.21. The molecule has 152 valence electrons. The van der Waals surface area contributed by atoms with E-state index in [0.29, 0.717) is 29.6 Å². The third-order valence-electron chi connectivity index (χ3n) is 4.71. The number of Topliss-reactive ketones (excluding diaryl/α,β-unsaturated/α-hetero) is 1. The highest BCUT2D eigenvalue weighted by atomic mass is 35.5. The van der Waals surface area contributed by atoms with Gasteiger partial charge in [0.1, 0.15) is 17.6 Å². The van der Waals surface area contributed by atoms with E-state index in [2.05, 4.69) is 4.98 Å². The maximum absolute atomic E-state index is 12.9. The second kappa shape index (κ2) is 8.63. The molecule has 1 aromatic carbocycles. The smallest absolute Gasteiger partial charge is 0.295 e. The molecule has 1 atom stereocenters. The van der Waals surface area contributed by atoms with Crippen molar-refractivity contribution in [3.8, 4) is 5.75 Å². The van der Waals surface area contributed by atoms with Gasteiger partial charge in [0.2, 0.25) is 0 Å². The van der Waals surface area contributed by atoms with Gasteiger partial charge in [-0.05, 0) is 44.4 Å². The molecule has 1 aromatic heterocycles. The first-order valence-corrected chi connectivity index (χ1v) is 9.41. The van der Waals surface area contributed by atoms with E-state index in [9.17, 15) is 14.7 Å². The molecule has 1 aliphatic heterocycles. The summed E-state index contributed by atoms with van der Waals surface area (Å²) in [6.07, 6.45) is 1.58. The van der Waals surface area contributed by atoms with Crippen LogP contribution in [-0.4, -0.2) is 65.9 Å². The number of carbonyl (C=O) groups is 2. The van der Waals surface area contributed by atoms with Crippen LogP contribution in [0.5, 0.6) is 5.75 Å². The number of methoxy groups -OCH3 is 1. The van der Waals surface area contributed by atoms with Crippen LogP contribution in [0.15, 0.2) is 48.2 Å². The van der Waals surface area contributed by atoms with Crippen LogP contribution in [0, 0.1) is 0 Å². The fraction of sp³-hybridized carbons (Fsp3) is 0.286. The first-order chi connectivity index (χ1) is 13.8. The molecule has 1 fully saturated rings. The van der Waals surface area contributed by atoms with E-state index < -0.39 is 17.7 Å². The standard InChI is InChI=1S/C21H22ClN3O4/c1-24(2)10-11-25-18(15-6-4-5-9-23-15)17(20(27)21(25)28)19(26)14-12-13(22)7-8-16(14)29-3/h4-9,12,18,26H,10-11H2,1-3H3/t18-/m1/s1. The van der Waals surface area contributed by atoms with Gasteiger partial charge >= 0.3 is 0 Å². The van der Waals surface area contributed by atoms with E-state index in [4.69, 9.17) is 16.3 Å². The molecular formula is C21H22ClN3O4. The lowest BCUT2D eigenvalue weighted by molar-refractivity contribution is -0.140. The number of ether oxygens (including phenoxy) is 1. The SMILES string of the molecule is COc1ccc(Cl)cc1C(O)=C1C(=O)C(=O)N(CCN(C)C)[C@@H]1c1ccccn1. The number of halogens is 1. The number of hydrogen-bond donors (Lipinski definition) is 1. The summed E-state index contributed by atoms with van der Waals surface area (Å²) in [4.78, 5) is 33.4. The van der Waals surface area contributed by atoms with Gasteiger partial charge < -0.3 is 19.6 Å². The molecule has 0 radical (unpaired) electrons. The van der Waals surface area contributed by atoms with Gasteiger partial charge in [0.15, 0.2) is 0 Å². The van der Waals surface area contributed by atoms with Crippen LogP contribution in [0.1, 0.15) is 17.3 Å². The summed E-state index contributed by atoms with van der Waals surface area (Å²) in [5, 5.41) is 11.4. The number of aliphatic hydroxyl groups is 1. The zero-order valence-electron chi connectivity index (χ0n) is 16.4. The van der Waals surface area contributed by atoms with Gasteiger partial charge in [0, 0.05) is 24.3 Å². The lowest BCUT2D eigenvalue weighted by Crippen LogP contribution is -2.35. The first kappa shape index (κ1) is 20.8. The molecule has 29 heavy (non-hydrogen) atoms. The Hall–Kier alpha value is -2.90. The highest BCUT2D eigenvalue weighted by Crippen LogP contribution is 2.40. The zero-order valence-corrected chi connectivity index (χ0v) is 17.2. The predicted molar refractivity (Wildman–Crippen MR) is 110 cm³/mol. The van der Waals surface area contributed by atoms with Crippen molar-refractivity contribution < 1.29 is 19.4 Å². The molecule has 8 heteroatoms. The van der Waals surface area contributed by atoms with E-state index in [1.807, 2.05) is 19.0 Å². The van der Waals surface area contributed by atoms with E-state index in [1.165, 1.54) is 18.1 Å². The Morgan fingerprint density at radius 2 is 2.03 bits per heavy atom. The minimum atomic E-state index is -0.806. The van der Waals surface area contributed by atoms with E-state index >= 15 is 0 Å². The molecule has 2 heterocycles. The molecule has 1 saturated heterocycles. The van der Waals surface area contributed by atoms with Crippen molar-refractivity contribution in [3.05, 3.63) is 64.4 Å². The molecule has 7 nitrogen and oxygen atoms in total. The van der Waals surface area contributed by atoms with Crippen molar-refractivity contribution in [3.63, 3.8) is 0 Å². The maximum Gasteiger partial charge on any atom is 0.295 e. The van der Waals surface area contributed by atoms with Crippen molar-refractivity contribution in [1.29, 1.82) is 0 Å². The van der Waals surface area contributed by atoms with E-state index in [-0.39, 0.29) is 16.9 Å². The van der Waals surface area contributed by atoms with Crippen molar-refractivity contribution in [2.75, 3.05) is 34.3 Å². The number of benzene rings is 1. The van der Waals surface area contributed by atoms with Gasteiger partial charge in [-0.1, -0.05) is 17.7 Å². The number of likely N-dealkylation sites (tertiary alicyclic amines) is 1. The summed E-state index contributed by atoms with van der Waals surface area (Å²) < 4.78 is 5.30. The first-order valence-electron chi connectivity index (χ1n) is 9.03. The van der Waals surface area contributed by atoms with Gasteiger partial charge in [-0.15, -0.1) is 0 Å². The number of pyridine rings is 1. The molecule has 0 unspecified atom stereocenters. The predicted octanol–water partition coefficient (Wildman–Crippen LogP) is 2.73. The molecule has 2 aromatic rings. The Bertz CT molecular complexity index is 960. The quantitative estimate of drug-likeness (QED) is 0.443. The van der Waals surface area contributed by atoms with Crippen molar-refractivity contribution >= 4 is 29.1 Å². The Morgan fingerprint density at radius 3 is 2.66 bits per heavy atom. The second-order valence-corrected chi connectivity index (χ2v) is 7.33. The Balaban J connectivity index is 2.19. The molecule has 0 saturated carbocycles. The molecule has 1 N–H and O–H groups in total. The summed E-state index contributed by atoms with van der Waals surface area (Å²) in [6.45, 7) is 0.860. The van der Waals surface area contributed by atoms with Crippen molar-refractivity contribution in [1.82, 2.24) is 14.8 Å². The minimum absolute atomic E-state index is 0.0342. The minimum Gasteiger partial charge on any atom is -0.507 e. The second-order valence-electron chi connectivity index (χ2n) is 6.89. The number of carbonyl (C=O) groups excluding carboxylic acids is 2. The third-order valence-corrected chi connectivity index (χ3v) is 4.95. The Kier molecular flexibility index (Phi) is 6.20. The molecule has 3 rings (SSSR count). The number of rotatable bonds is 6. The lowest BCUT2D eigenvalue weighted by atomic mass is 9.98. The summed E-state index contributed by atoms with van der Waals surface area (Å²) in [5.74, 6) is -1.44. The van der Waals surface area contributed by atoms with Crippen LogP contribution >= 0.6 is 11.6 Å². The average molecular weight is 416 g/mol. The number of hydrogen-bond acceptors (Lipinski definition) is 6. The highest BCUT2D eigenvalue weighted by molar-refractivity contribution is 6.46. The molecular weight excluding hydrogens is 394 g/mol. The number of aliphatic hydroxyl groups excluding tert-OH is 1. The van der Waals surface area contributed by atoms with Gasteiger partial charge in [0.25, 0.3) is 11.7 Å². The van der Waals surface area contributed by atoms with Crippen LogP contribution in [0.25, 0.3) is 5.76 Å². The van der Waals surface area contributed by atoms with Crippen LogP contribution in [-0.2, 0) is 9.59 Å². The number of likely N-dealkylation sites (N-methyl/N-ethyl adjacent to an activating group) is 1. The monoisotopic (exact) mass is 415 g/mol. The number of ketones is 1. The topological polar surface area (TPSA) is 83.0 Å². The third kappa shape index (κ3) is 4.11. The molecule has 1 amide bonds. The number of amides is 1. The van der Waals surface area contributed by atoms with Crippen LogP contribution in [0.2, 0.25) is 5.02 Å². The molecule has 0 bridgehead atoms. The fourth-order valence-corrected chi connectivity index (χ4v) is 3.45. The molecule has 0 spiro atoms. The van der Waals surface area contributed by atoms with Crippen LogP contribution < -0.4 is 4.74 Å². The normalized spacial score (nSPS) is 18.5. The van der Waals surface area contributed by atoms with Gasteiger partial charge in [0.05, 0.1) is 23.9 Å². The van der Waals surface area contributed by atoms with Gasteiger partial charge in [-0.2, -0.15) is 0 Å². The summed E-state index contributed by atoms with van der Waals surface area (Å²) >= 11 is 6.09. The Morgan fingerprint density at radius 1 is 1.28 bits per heavy atom. The van der Waals surface area contributed by atoms with Crippen LogP contribution in [0.4, 0.5) is 0 Å². The number of nitrogens with zero attached hydrogens (tertiary/aromatic N) is 3. The molecule has 0 aliphatic carbocycles. The zero-order chi connectivity index (χ0) is 21.1. The van der Waals surface area contributed by atoms with Crippen molar-refractivity contribution in [2.45, 2.75) is 6.04 Å². The Labute approximate surface area is 174 Å². The number of aromatic nitrogens is 1. The van der Waals surface area contributed by atoms with Gasteiger partial charge in [-0.3, -0.25) is 14.6 Å². The van der Waals surface area contributed by atoms with Crippen molar-refractivity contribution in [2.24, 2.45) is 0 Å². The summed E-state index contributed by atoms with van der Waals surface area (Å²) in [5.41, 5.74) is 0.701. The molecule has 1 aliphatic rings. The van der Waals surface area contributed by atoms with E-state index in [0.717, 1.165) is 0 Å². The average Bonchev–Trinajstić information content (AvgIpc) is 2.97. The summed E-state index contributed by atoms with van der Waals surface area (Å²) in [6, 6.07) is 9.14. The fourth-order valence-electron chi connectivity index (χ4n) is 3.27. The highest BCUT2D eigenvalue weighted by Gasteiger charge is 2.46. The van der Waals surface area contributed by atoms with Gasteiger partial charge in [-0.25, -0.2) is 0 Å². The maximum atomic E-state index is 12.9. The largest absolute Gasteiger partial charge is 0.507 e. The van der Waals surface area contributed by atoms with E-state index in [1.54, 1.807) is 36.5 Å². The lowest BCUT2D eigenvalue weighted by Gasteiger charge is -2.25.